The Morgan fingerprint density at radius 3 is 2.56 bits per heavy atom. The largest absolute Gasteiger partial charge is 0.618 e. The monoisotopic (exact) mass is 539 g/mol. The predicted octanol–water partition coefficient (Wildman–Crippen LogP) is -0.0534. The molecule has 0 aromatic carbocycles. The first-order valence-corrected chi connectivity index (χ1v) is 14.3. The maximum absolute atomic E-state index is 13.1. The van der Waals surface area contributed by atoms with Crippen LogP contribution in [-0.4, -0.2) is 63.0 Å². The van der Waals surface area contributed by atoms with Crippen LogP contribution in [0.15, 0.2) is 58.8 Å². The summed E-state index contributed by atoms with van der Waals surface area (Å²) in [4.78, 5) is 29.9. The zero-order valence-electron chi connectivity index (χ0n) is 19.9. The molecule has 2 aromatic rings. The van der Waals surface area contributed by atoms with E-state index in [1.807, 2.05) is 0 Å². The predicted molar refractivity (Wildman–Crippen MR) is 128 cm³/mol. The number of amides is 1. The third-order valence-electron chi connectivity index (χ3n) is 5.56. The zero-order chi connectivity index (χ0) is 26.5. The molecule has 0 spiro atoms. The summed E-state index contributed by atoms with van der Waals surface area (Å²) in [6.45, 7) is 3.20. The molecule has 2 N–H and O–H groups in total. The molecule has 12 nitrogen and oxygen atoms in total. The van der Waals surface area contributed by atoms with Crippen molar-refractivity contribution in [1.29, 1.82) is 0 Å². The van der Waals surface area contributed by atoms with Crippen LogP contribution < -0.4 is 14.8 Å². The Morgan fingerprint density at radius 2 is 1.92 bits per heavy atom. The lowest BCUT2D eigenvalue weighted by Crippen LogP contribution is -2.53. The highest BCUT2D eigenvalue weighted by molar-refractivity contribution is 7.89. The Balaban J connectivity index is 1.74. The maximum atomic E-state index is 13.1. The highest BCUT2D eigenvalue weighted by atomic mass is 32.2. The van der Waals surface area contributed by atoms with Crippen molar-refractivity contribution in [3.8, 4) is 0 Å². The summed E-state index contributed by atoms with van der Waals surface area (Å²) in [6.07, 6.45) is 2.96. The number of nitrogens with one attached hydrogen (secondary N) is 2. The van der Waals surface area contributed by atoms with Crippen LogP contribution in [0.1, 0.15) is 33.1 Å². The molecule has 1 aliphatic heterocycles. The van der Waals surface area contributed by atoms with Crippen molar-refractivity contribution < 1.29 is 31.2 Å². The van der Waals surface area contributed by atoms with Crippen molar-refractivity contribution in [2.75, 3.05) is 13.1 Å². The number of ketones is 1. The minimum absolute atomic E-state index is 0.0660. The van der Waals surface area contributed by atoms with Gasteiger partial charge in [0.15, 0.2) is 17.0 Å². The molecule has 0 bridgehead atoms. The Bertz CT molecular complexity index is 1300. The summed E-state index contributed by atoms with van der Waals surface area (Å²) in [7, 11) is -8.34. The van der Waals surface area contributed by atoms with Gasteiger partial charge in [-0.3, -0.25) is 9.59 Å². The van der Waals surface area contributed by atoms with E-state index in [4.69, 9.17) is 0 Å². The van der Waals surface area contributed by atoms with E-state index in [1.165, 1.54) is 30.5 Å². The SMILES string of the molecule is CC(C)C[C@H](NS(=O)(=O)c1cccc[n+]1[O-])C(=O)NC1CCCN(S(=O)(=O)c2ccccn2)CC1=O. The van der Waals surface area contributed by atoms with E-state index in [0.29, 0.717) is 6.42 Å². The van der Waals surface area contributed by atoms with Gasteiger partial charge in [0.25, 0.3) is 10.0 Å². The van der Waals surface area contributed by atoms with Gasteiger partial charge in [0.05, 0.1) is 12.6 Å². The lowest BCUT2D eigenvalue weighted by atomic mass is 10.0. The Hall–Kier alpha value is -2.94. The van der Waals surface area contributed by atoms with Gasteiger partial charge in [-0.05, 0) is 43.4 Å². The van der Waals surface area contributed by atoms with Crippen LogP contribution in [0.3, 0.4) is 0 Å². The van der Waals surface area contributed by atoms with Crippen molar-refractivity contribution in [2.24, 2.45) is 5.92 Å². The minimum atomic E-state index is -4.34. The number of rotatable bonds is 9. The van der Waals surface area contributed by atoms with E-state index in [0.717, 1.165) is 16.6 Å². The van der Waals surface area contributed by atoms with Crippen LogP contribution in [0.2, 0.25) is 0 Å². The molecule has 1 amide bonds. The number of carbonyl (C=O) groups excluding carboxylic acids is 2. The number of nitrogens with zero attached hydrogens (tertiary/aromatic N) is 3. The molecule has 1 saturated heterocycles. The van der Waals surface area contributed by atoms with Gasteiger partial charge < -0.3 is 10.5 Å². The van der Waals surface area contributed by atoms with E-state index in [9.17, 15) is 31.6 Å². The fourth-order valence-corrected chi connectivity index (χ4v) is 6.44. The fraction of sp³-hybridized carbons (Fsp3) is 0.455. The van der Waals surface area contributed by atoms with Gasteiger partial charge >= 0.3 is 15.0 Å². The highest BCUT2D eigenvalue weighted by Gasteiger charge is 2.36. The number of aromatic nitrogens is 2. The summed E-state index contributed by atoms with van der Waals surface area (Å²) in [5.41, 5.74) is 0. The average Bonchev–Trinajstić information content (AvgIpc) is 3.00. The molecule has 196 valence electrons. The fourth-order valence-electron chi connectivity index (χ4n) is 3.81. The normalized spacial score (nSPS) is 18.5. The van der Waals surface area contributed by atoms with Crippen molar-refractivity contribution in [3.05, 3.63) is 54.0 Å². The van der Waals surface area contributed by atoms with Gasteiger partial charge in [-0.1, -0.05) is 19.9 Å². The summed E-state index contributed by atoms with van der Waals surface area (Å²) in [5, 5.41) is 13.8. The molecule has 1 unspecified atom stereocenters. The van der Waals surface area contributed by atoms with E-state index in [1.54, 1.807) is 19.9 Å². The molecule has 0 aliphatic carbocycles. The average molecular weight is 540 g/mol. The van der Waals surface area contributed by atoms with Crippen LogP contribution in [-0.2, 0) is 29.6 Å². The van der Waals surface area contributed by atoms with Crippen molar-refractivity contribution in [2.45, 2.75) is 55.2 Å². The summed E-state index contributed by atoms with van der Waals surface area (Å²) >= 11 is 0. The highest BCUT2D eigenvalue weighted by Crippen LogP contribution is 2.18. The first kappa shape index (κ1) is 27.6. The van der Waals surface area contributed by atoms with Crippen molar-refractivity contribution in [3.63, 3.8) is 0 Å². The quantitative estimate of drug-likeness (QED) is 0.330. The van der Waals surface area contributed by atoms with Crippen LogP contribution in [0.4, 0.5) is 0 Å². The zero-order valence-corrected chi connectivity index (χ0v) is 21.5. The first-order valence-electron chi connectivity index (χ1n) is 11.4. The second kappa shape index (κ2) is 11.4. The first-order chi connectivity index (χ1) is 16.9. The number of hydrogen-bond donors (Lipinski definition) is 2. The lowest BCUT2D eigenvalue weighted by molar-refractivity contribution is -0.646. The lowest BCUT2D eigenvalue weighted by Gasteiger charge is -2.23. The molecule has 3 rings (SSSR count). The molecular weight excluding hydrogens is 510 g/mol. The van der Waals surface area contributed by atoms with Crippen LogP contribution in [0, 0.1) is 11.1 Å². The van der Waals surface area contributed by atoms with E-state index in [-0.39, 0.29) is 35.1 Å². The molecule has 2 atom stereocenters. The number of sulfonamides is 2. The number of Topliss-reactive ketones (excluding diaryl/α,β-unsaturated/α-hetero) is 1. The maximum Gasteiger partial charge on any atom is 0.323 e. The van der Waals surface area contributed by atoms with Gasteiger partial charge in [-0.2, -0.15) is 13.8 Å². The minimum Gasteiger partial charge on any atom is -0.618 e. The van der Waals surface area contributed by atoms with Crippen LogP contribution >= 0.6 is 0 Å². The smallest absolute Gasteiger partial charge is 0.323 e. The molecule has 14 heteroatoms. The van der Waals surface area contributed by atoms with Gasteiger partial charge in [0.2, 0.25) is 5.91 Å². The molecule has 1 aliphatic rings. The molecule has 36 heavy (non-hydrogen) atoms. The number of carbonyl (C=O) groups is 2. The standard InChI is InChI=1S/C22H29N5O7S2/c1-16(2)14-18(25-35(31,32)21-10-4-6-13-27(21)30)22(29)24-17-8-7-12-26(15-19(17)28)36(33,34)20-9-3-5-11-23-20/h3-6,9-11,13,16-18,25H,7-8,12,14-15H2,1-2H3,(H,24,29)/t17?,18-/m0/s1. The summed E-state index contributed by atoms with van der Waals surface area (Å²) < 4.78 is 54.8. The Morgan fingerprint density at radius 1 is 1.19 bits per heavy atom. The van der Waals surface area contributed by atoms with E-state index < -0.39 is 55.4 Å². The van der Waals surface area contributed by atoms with Crippen molar-refractivity contribution >= 4 is 31.7 Å². The van der Waals surface area contributed by atoms with E-state index >= 15 is 0 Å². The third kappa shape index (κ3) is 6.63. The Labute approximate surface area is 210 Å². The summed E-state index contributed by atoms with van der Waals surface area (Å²) in [6, 6.07) is 6.07. The second-order valence-electron chi connectivity index (χ2n) is 8.84. The van der Waals surface area contributed by atoms with Gasteiger partial charge in [0, 0.05) is 24.9 Å². The number of hydrogen-bond acceptors (Lipinski definition) is 8. The molecule has 2 aromatic heterocycles. The molecule has 0 saturated carbocycles. The molecular formula is C22H29N5O7S2. The molecule has 1 fully saturated rings. The molecule has 0 radical (unpaired) electrons. The Kier molecular flexibility index (Phi) is 8.76. The van der Waals surface area contributed by atoms with Crippen LogP contribution in [0.25, 0.3) is 0 Å². The second-order valence-corrected chi connectivity index (χ2v) is 12.4. The van der Waals surface area contributed by atoms with E-state index in [2.05, 4.69) is 15.0 Å². The third-order valence-corrected chi connectivity index (χ3v) is 8.79. The van der Waals surface area contributed by atoms with Gasteiger partial charge in [0.1, 0.15) is 6.04 Å². The topological polar surface area (TPSA) is 170 Å². The van der Waals surface area contributed by atoms with Crippen LogP contribution in [0.5, 0.6) is 0 Å². The number of pyridine rings is 2. The van der Waals surface area contributed by atoms with Gasteiger partial charge in [-0.25, -0.2) is 21.8 Å². The van der Waals surface area contributed by atoms with Gasteiger partial charge in [-0.15, -0.1) is 0 Å². The van der Waals surface area contributed by atoms with Crippen molar-refractivity contribution in [1.82, 2.24) is 19.3 Å². The summed E-state index contributed by atoms with van der Waals surface area (Å²) in [5.74, 6) is -1.35. The molecule has 3 heterocycles.